The fraction of sp³-hybridized carbons (Fsp3) is 0.818. The summed E-state index contributed by atoms with van der Waals surface area (Å²) in [5.74, 6) is -0.0621. The van der Waals surface area contributed by atoms with Gasteiger partial charge < -0.3 is 14.2 Å². The maximum absolute atomic E-state index is 12.0. The molecule has 1 heterocycles. The zero-order valence-electron chi connectivity index (χ0n) is 17.6. The third-order valence-corrected chi connectivity index (χ3v) is 7.73. The standard InChI is InChI=1S/C22H34O5/c1-15-12-16(26-14-23)18-19(2,3)8-7-9-21(18,5)22(15)11-10-20(4,27-22)13-17(24)25-6/h12,14,16,18H,7-11,13H2,1-6H3. The second-order valence-electron chi connectivity index (χ2n) is 9.92. The molecule has 1 aliphatic heterocycles. The highest BCUT2D eigenvalue weighted by molar-refractivity contribution is 5.70. The van der Waals surface area contributed by atoms with Crippen molar-refractivity contribution >= 4 is 12.4 Å². The van der Waals surface area contributed by atoms with Crippen LogP contribution in [0.1, 0.15) is 73.1 Å². The van der Waals surface area contributed by atoms with Crippen molar-refractivity contribution in [1.29, 1.82) is 0 Å². The van der Waals surface area contributed by atoms with E-state index in [1.54, 1.807) is 0 Å². The van der Waals surface area contributed by atoms with Crippen LogP contribution in [-0.4, -0.2) is 36.9 Å². The molecule has 5 unspecified atom stereocenters. The minimum absolute atomic E-state index is 0.0373. The van der Waals surface area contributed by atoms with Gasteiger partial charge in [0.25, 0.3) is 6.47 Å². The molecule has 3 aliphatic rings. The van der Waals surface area contributed by atoms with E-state index in [2.05, 4.69) is 33.8 Å². The number of esters is 1. The van der Waals surface area contributed by atoms with Gasteiger partial charge in [0.1, 0.15) is 6.10 Å². The molecular weight excluding hydrogens is 344 g/mol. The van der Waals surface area contributed by atoms with Gasteiger partial charge in [-0.2, -0.15) is 0 Å². The van der Waals surface area contributed by atoms with E-state index in [0.717, 1.165) is 37.7 Å². The van der Waals surface area contributed by atoms with E-state index in [1.165, 1.54) is 7.11 Å². The number of carbonyl (C=O) groups excluding carboxylic acids is 2. The van der Waals surface area contributed by atoms with Gasteiger partial charge >= 0.3 is 5.97 Å². The van der Waals surface area contributed by atoms with Crippen molar-refractivity contribution in [3.63, 3.8) is 0 Å². The first-order chi connectivity index (χ1) is 12.5. The van der Waals surface area contributed by atoms with E-state index in [1.807, 2.05) is 6.92 Å². The largest absolute Gasteiger partial charge is 0.469 e. The fourth-order valence-electron chi connectivity index (χ4n) is 6.60. The molecule has 5 atom stereocenters. The minimum Gasteiger partial charge on any atom is -0.469 e. The Morgan fingerprint density at radius 3 is 2.56 bits per heavy atom. The molecule has 3 rings (SSSR count). The number of hydrogen-bond donors (Lipinski definition) is 0. The van der Waals surface area contributed by atoms with E-state index < -0.39 is 11.2 Å². The highest BCUT2D eigenvalue weighted by Gasteiger charge is 2.67. The summed E-state index contributed by atoms with van der Waals surface area (Å²) in [5.41, 5.74) is 0.0424. The van der Waals surface area contributed by atoms with Crippen molar-refractivity contribution in [2.75, 3.05) is 7.11 Å². The fourth-order valence-corrected chi connectivity index (χ4v) is 6.60. The lowest BCUT2D eigenvalue weighted by molar-refractivity contribution is -0.213. The Labute approximate surface area is 162 Å². The van der Waals surface area contributed by atoms with Crippen LogP contribution < -0.4 is 0 Å². The molecule has 5 nitrogen and oxygen atoms in total. The Bertz CT molecular complexity index is 653. The molecule has 0 N–H and O–H groups in total. The van der Waals surface area contributed by atoms with E-state index in [0.29, 0.717) is 6.47 Å². The second kappa shape index (κ2) is 6.61. The molecule has 0 amide bonds. The third kappa shape index (κ3) is 3.02. The number of carbonyl (C=O) groups is 2. The van der Waals surface area contributed by atoms with Gasteiger partial charge in [-0.1, -0.05) is 27.2 Å². The highest BCUT2D eigenvalue weighted by atomic mass is 16.5. The second-order valence-corrected chi connectivity index (χ2v) is 9.92. The summed E-state index contributed by atoms with van der Waals surface area (Å²) in [6.07, 6.45) is 7.07. The maximum atomic E-state index is 12.0. The Hall–Kier alpha value is -1.36. The molecule has 0 aromatic carbocycles. The van der Waals surface area contributed by atoms with Crippen molar-refractivity contribution in [2.45, 2.75) is 90.4 Å². The van der Waals surface area contributed by atoms with Crippen LogP contribution in [0.2, 0.25) is 0 Å². The quantitative estimate of drug-likeness (QED) is 0.417. The Morgan fingerprint density at radius 2 is 1.93 bits per heavy atom. The van der Waals surface area contributed by atoms with Gasteiger partial charge in [0.15, 0.2) is 0 Å². The molecule has 0 aromatic heterocycles. The average molecular weight is 379 g/mol. The van der Waals surface area contributed by atoms with Crippen molar-refractivity contribution < 1.29 is 23.8 Å². The van der Waals surface area contributed by atoms with Crippen LogP contribution in [0.3, 0.4) is 0 Å². The molecule has 0 bridgehead atoms. The first-order valence-corrected chi connectivity index (χ1v) is 10.1. The monoisotopic (exact) mass is 378 g/mol. The topological polar surface area (TPSA) is 61.8 Å². The summed E-state index contributed by atoms with van der Waals surface area (Å²) < 4.78 is 17.3. The smallest absolute Gasteiger partial charge is 0.308 e. The SMILES string of the molecule is COC(=O)CC1(C)CCC2(O1)C(C)=CC(OC=O)C1C(C)(C)CCCC12C. The zero-order valence-corrected chi connectivity index (χ0v) is 17.6. The summed E-state index contributed by atoms with van der Waals surface area (Å²) in [6, 6.07) is 0. The van der Waals surface area contributed by atoms with Crippen molar-refractivity contribution in [2.24, 2.45) is 16.7 Å². The van der Waals surface area contributed by atoms with Crippen LogP contribution in [0, 0.1) is 16.7 Å². The summed E-state index contributed by atoms with van der Waals surface area (Å²) in [5, 5.41) is 0. The summed E-state index contributed by atoms with van der Waals surface area (Å²) >= 11 is 0. The van der Waals surface area contributed by atoms with E-state index in [9.17, 15) is 9.59 Å². The minimum atomic E-state index is -0.532. The molecule has 0 aromatic rings. The number of rotatable bonds is 4. The predicted molar refractivity (Wildman–Crippen MR) is 102 cm³/mol. The molecular formula is C22H34O5. The maximum Gasteiger partial charge on any atom is 0.308 e. The van der Waals surface area contributed by atoms with E-state index >= 15 is 0 Å². The van der Waals surface area contributed by atoms with Gasteiger partial charge in [0, 0.05) is 11.3 Å². The van der Waals surface area contributed by atoms with Crippen LogP contribution >= 0.6 is 0 Å². The molecule has 1 spiro atoms. The Morgan fingerprint density at radius 1 is 1.22 bits per heavy atom. The van der Waals surface area contributed by atoms with E-state index in [-0.39, 0.29) is 35.2 Å². The summed E-state index contributed by atoms with van der Waals surface area (Å²) in [6.45, 7) is 11.6. The molecule has 2 fully saturated rings. The first-order valence-electron chi connectivity index (χ1n) is 10.1. The van der Waals surface area contributed by atoms with Crippen LogP contribution in [0.25, 0.3) is 0 Å². The Balaban J connectivity index is 2.06. The van der Waals surface area contributed by atoms with Crippen molar-refractivity contribution in [3.8, 4) is 0 Å². The molecule has 2 aliphatic carbocycles. The lowest BCUT2D eigenvalue weighted by atomic mass is 9.46. The first kappa shape index (κ1) is 20.4. The van der Waals surface area contributed by atoms with Gasteiger partial charge in [-0.05, 0) is 56.6 Å². The van der Waals surface area contributed by atoms with Crippen LogP contribution in [0.15, 0.2) is 11.6 Å². The molecule has 1 saturated heterocycles. The van der Waals surface area contributed by atoms with Crippen LogP contribution in [0.5, 0.6) is 0 Å². The van der Waals surface area contributed by atoms with Crippen LogP contribution in [-0.2, 0) is 23.8 Å². The van der Waals surface area contributed by atoms with Crippen molar-refractivity contribution in [3.05, 3.63) is 11.6 Å². The third-order valence-electron chi connectivity index (χ3n) is 7.73. The average Bonchev–Trinajstić information content (AvgIpc) is 2.92. The number of ether oxygens (including phenoxy) is 3. The number of fused-ring (bicyclic) bond motifs is 2. The molecule has 152 valence electrons. The molecule has 1 saturated carbocycles. The van der Waals surface area contributed by atoms with Crippen molar-refractivity contribution in [1.82, 2.24) is 0 Å². The zero-order chi connectivity index (χ0) is 20.1. The summed E-state index contributed by atoms with van der Waals surface area (Å²) in [4.78, 5) is 23.2. The molecule has 27 heavy (non-hydrogen) atoms. The normalized spacial score (nSPS) is 43.0. The predicted octanol–water partition coefficient (Wildman–Crippen LogP) is 4.19. The molecule has 0 radical (unpaired) electrons. The summed E-state index contributed by atoms with van der Waals surface area (Å²) in [7, 11) is 1.42. The van der Waals surface area contributed by atoms with E-state index in [4.69, 9.17) is 14.2 Å². The Kier molecular flexibility index (Phi) is 4.99. The van der Waals surface area contributed by atoms with Gasteiger partial charge in [-0.15, -0.1) is 0 Å². The lowest BCUT2D eigenvalue weighted by Gasteiger charge is -2.62. The van der Waals surface area contributed by atoms with Crippen LogP contribution in [0.4, 0.5) is 0 Å². The number of hydrogen-bond acceptors (Lipinski definition) is 5. The molecule has 5 heteroatoms. The number of methoxy groups -OCH3 is 1. The highest BCUT2D eigenvalue weighted by Crippen LogP contribution is 2.66. The lowest BCUT2D eigenvalue weighted by Crippen LogP contribution is -2.63. The van der Waals surface area contributed by atoms with Gasteiger partial charge in [-0.25, -0.2) is 0 Å². The van der Waals surface area contributed by atoms with Gasteiger partial charge in [0.05, 0.1) is 24.7 Å². The van der Waals surface area contributed by atoms with Gasteiger partial charge in [0.2, 0.25) is 0 Å². The van der Waals surface area contributed by atoms with Gasteiger partial charge in [-0.3, -0.25) is 9.59 Å².